The van der Waals surface area contributed by atoms with E-state index in [1.165, 1.54) is 35.3 Å². The van der Waals surface area contributed by atoms with Crippen molar-refractivity contribution in [2.75, 3.05) is 0 Å². The average Bonchev–Trinajstić information content (AvgIpc) is 2.86. The number of aryl methyl sites for hydroxylation is 2. The van der Waals surface area contributed by atoms with Crippen LogP contribution in [0, 0.1) is 0 Å². The summed E-state index contributed by atoms with van der Waals surface area (Å²) in [6.45, 7) is 1.78. The third-order valence-electron chi connectivity index (χ3n) is 3.53. The van der Waals surface area contributed by atoms with Gasteiger partial charge in [-0.1, -0.05) is 17.8 Å². The summed E-state index contributed by atoms with van der Waals surface area (Å²) in [4.78, 5) is 5.59. The summed E-state index contributed by atoms with van der Waals surface area (Å²) in [6, 6.07) is 10.5. The Morgan fingerprint density at radius 2 is 2.00 bits per heavy atom. The highest BCUT2D eigenvalue weighted by atomic mass is 32.2. The highest BCUT2D eigenvalue weighted by Gasteiger charge is 2.11. The van der Waals surface area contributed by atoms with Crippen LogP contribution in [0.15, 0.2) is 46.5 Å². The first-order valence-electron chi connectivity index (χ1n) is 6.66. The highest BCUT2D eigenvalue weighted by Crippen LogP contribution is 2.31. The topological polar surface area (TPSA) is 33.1 Å². The molecule has 0 aliphatic heterocycles. The molecule has 1 heterocycles. The number of hydrogen-bond acceptors (Lipinski definition) is 3. The van der Waals surface area contributed by atoms with Crippen LogP contribution in [0.25, 0.3) is 0 Å². The van der Waals surface area contributed by atoms with Gasteiger partial charge in [0.05, 0.1) is 6.10 Å². The van der Waals surface area contributed by atoms with Crippen LogP contribution in [0.3, 0.4) is 0 Å². The molecule has 2 nitrogen and oxygen atoms in total. The Bertz CT molecular complexity index is 595. The molecule has 0 spiro atoms. The minimum atomic E-state index is -0.442. The van der Waals surface area contributed by atoms with Gasteiger partial charge in [-0.15, -0.1) is 0 Å². The fraction of sp³-hybridized carbons (Fsp3) is 0.312. The van der Waals surface area contributed by atoms with E-state index in [9.17, 15) is 5.11 Å². The summed E-state index contributed by atoms with van der Waals surface area (Å²) < 4.78 is 0. The Morgan fingerprint density at radius 1 is 1.16 bits per heavy atom. The number of aromatic nitrogens is 1. The van der Waals surface area contributed by atoms with E-state index in [-0.39, 0.29) is 0 Å². The fourth-order valence-corrected chi connectivity index (χ4v) is 3.36. The van der Waals surface area contributed by atoms with E-state index in [1.807, 2.05) is 12.1 Å². The minimum Gasteiger partial charge on any atom is -0.389 e. The maximum atomic E-state index is 9.60. The zero-order chi connectivity index (χ0) is 13.2. The van der Waals surface area contributed by atoms with Gasteiger partial charge in [0.2, 0.25) is 0 Å². The van der Waals surface area contributed by atoms with Crippen molar-refractivity contribution in [2.45, 2.75) is 42.2 Å². The number of nitrogens with zero attached hydrogens (tertiary/aromatic N) is 1. The molecule has 19 heavy (non-hydrogen) atoms. The van der Waals surface area contributed by atoms with E-state index < -0.39 is 6.10 Å². The Kier molecular flexibility index (Phi) is 3.58. The lowest BCUT2D eigenvalue weighted by Crippen LogP contribution is -1.92. The fourth-order valence-electron chi connectivity index (χ4n) is 2.47. The molecule has 1 aromatic heterocycles. The predicted molar refractivity (Wildman–Crippen MR) is 77.5 cm³/mol. The van der Waals surface area contributed by atoms with Crippen LogP contribution < -0.4 is 0 Å². The molecule has 3 rings (SSSR count). The lowest BCUT2D eigenvalue weighted by atomic mass is 10.1. The highest BCUT2D eigenvalue weighted by molar-refractivity contribution is 7.99. The second-order valence-electron chi connectivity index (χ2n) is 4.99. The number of pyridine rings is 1. The van der Waals surface area contributed by atoms with Gasteiger partial charge >= 0.3 is 0 Å². The van der Waals surface area contributed by atoms with Gasteiger partial charge in [-0.3, -0.25) is 0 Å². The summed E-state index contributed by atoms with van der Waals surface area (Å²) in [5.41, 5.74) is 3.89. The average molecular weight is 271 g/mol. The molecule has 0 unspecified atom stereocenters. The molecule has 0 saturated carbocycles. The molecule has 0 saturated heterocycles. The molecule has 1 N–H and O–H groups in total. The third-order valence-corrected chi connectivity index (χ3v) is 4.46. The van der Waals surface area contributed by atoms with Crippen molar-refractivity contribution >= 4 is 11.8 Å². The Balaban J connectivity index is 1.83. The minimum absolute atomic E-state index is 0.442. The second-order valence-corrected chi connectivity index (χ2v) is 6.08. The molecular formula is C16H17NOS. The van der Waals surface area contributed by atoms with Gasteiger partial charge in [0.25, 0.3) is 0 Å². The molecule has 1 aliphatic carbocycles. The van der Waals surface area contributed by atoms with Gasteiger partial charge in [-0.05, 0) is 67.1 Å². The van der Waals surface area contributed by atoms with Crippen LogP contribution in [-0.4, -0.2) is 10.1 Å². The van der Waals surface area contributed by atoms with Crippen molar-refractivity contribution in [2.24, 2.45) is 0 Å². The summed E-state index contributed by atoms with van der Waals surface area (Å²) >= 11 is 1.66. The van der Waals surface area contributed by atoms with Crippen LogP contribution in [0.4, 0.5) is 0 Å². The summed E-state index contributed by atoms with van der Waals surface area (Å²) in [7, 11) is 0. The van der Waals surface area contributed by atoms with E-state index in [0.29, 0.717) is 0 Å². The molecule has 1 aromatic carbocycles. The quantitative estimate of drug-likeness (QED) is 0.922. The molecule has 0 fully saturated rings. The third kappa shape index (κ3) is 2.82. The van der Waals surface area contributed by atoms with E-state index in [4.69, 9.17) is 0 Å². The molecule has 3 heteroatoms. The lowest BCUT2D eigenvalue weighted by Gasteiger charge is -2.07. The van der Waals surface area contributed by atoms with Gasteiger partial charge in [0.15, 0.2) is 0 Å². The first kappa shape index (κ1) is 12.7. The standard InChI is InChI=1S/C16H17NOS/c1-11(18)13-7-8-17-16(10-13)19-15-6-5-12-3-2-4-14(12)9-15/h5-11,18H,2-4H2,1H3/t11-/m1/s1. The number of rotatable bonds is 3. The summed E-state index contributed by atoms with van der Waals surface area (Å²) in [5.74, 6) is 0. The predicted octanol–water partition coefficient (Wildman–Crippen LogP) is 3.77. The number of fused-ring (bicyclic) bond motifs is 1. The first-order valence-corrected chi connectivity index (χ1v) is 7.48. The Morgan fingerprint density at radius 3 is 2.84 bits per heavy atom. The molecule has 1 aliphatic rings. The Labute approximate surface area is 117 Å². The van der Waals surface area contributed by atoms with Gasteiger partial charge in [0.1, 0.15) is 5.03 Å². The van der Waals surface area contributed by atoms with Crippen LogP contribution in [-0.2, 0) is 12.8 Å². The normalized spacial score (nSPS) is 15.3. The zero-order valence-electron chi connectivity index (χ0n) is 11.0. The van der Waals surface area contributed by atoms with Gasteiger partial charge in [0, 0.05) is 11.1 Å². The Hall–Kier alpha value is -1.32. The molecule has 1 atom stereocenters. The summed E-state index contributed by atoms with van der Waals surface area (Å²) in [6.07, 6.45) is 5.01. The van der Waals surface area contributed by atoms with Crippen molar-refractivity contribution in [3.63, 3.8) is 0 Å². The van der Waals surface area contributed by atoms with Crippen molar-refractivity contribution < 1.29 is 5.11 Å². The number of benzene rings is 1. The molecular weight excluding hydrogens is 254 g/mol. The largest absolute Gasteiger partial charge is 0.389 e. The van der Waals surface area contributed by atoms with Crippen molar-refractivity contribution in [3.05, 3.63) is 53.2 Å². The molecule has 0 amide bonds. The molecule has 0 radical (unpaired) electrons. The maximum Gasteiger partial charge on any atom is 0.101 e. The van der Waals surface area contributed by atoms with Crippen LogP contribution >= 0.6 is 11.8 Å². The van der Waals surface area contributed by atoms with Gasteiger partial charge in [-0.2, -0.15) is 0 Å². The maximum absolute atomic E-state index is 9.60. The van der Waals surface area contributed by atoms with Crippen molar-refractivity contribution in [3.8, 4) is 0 Å². The van der Waals surface area contributed by atoms with Gasteiger partial charge in [-0.25, -0.2) is 4.98 Å². The SMILES string of the molecule is C[C@@H](O)c1ccnc(Sc2ccc3c(c2)CCC3)c1. The number of aliphatic hydroxyl groups is 1. The van der Waals surface area contributed by atoms with Crippen molar-refractivity contribution in [1.82, 2.24) is 4.98 Å². The van der Waals surface area contributed by atoms with E-state index in [1.54, 1.807) is 24.9 Å². The van der Waals surface area contributed by atoms with Crippen LogP contribution in [0.1, 0.15) is 36.1 Å². The first-order chi connectivity index (χ1) is 9.22. The van der Waals surface area contributed by atoms with Crippen LogP contribution in [0.5, 0.6) is 0 Å². The number of hydrogen-bond donors (Lipinski definition) is 1. The monoisotopic (exact) mass is 271 g/mol. The van der Waals surface area contributed by atoms with E-state index in [0.717, 1.165) is 10.6 Å². The summed E-state index contributed by atoms with van der Waals surface area (Å²) in [5, 5.41) is 10.5. The lowest BCUT2D eigenvalue weighted by molar-refractivity contribution is 0.199. The molecule has 0 bridgehead atoms. The van der Waals surface area contributed by atoms with E-state index in [2.05, 4.69) is 23.2 Å². The van der Waals surface area contributed by atoms with Gasteiger partial charge < -0.3 is 5.11 Å². The van der Waals surface area contributed by atoms with E-state index >= 15 is 0 Å². The van der Waals surface area contributed by atoms with Crippen LogP contribution in [0.2, 0.25) is 0 Å². The smallest absolute Gasteiger partial charge is 0.101 e. The molecule has 2 aromatic rings. The number of aliphatic hydroxyl groups excluding tert-OH is 1. The zero-order valence-corrected chi connectivity index (χ0v) is 11.8. The molecule has 98 valence electrons. The second kappa shape index (κ2) is 5.35. The van der Waals surface area contributed by atoms with Crippen molar-refractivity contribution in [1.29, 1.82) is 0 Å².